The summed E-state index contributed by atoms with van der Waals surface area (Å²) in [6, 6.07) is 23.1. The molecule has 8 heteroatoms. The van der Waals surface area contributed by atoms with Crippen LogP contribution in [0.3, 0.4) is 0 Å². The summed E-state index contributed by atoms with van der Waals surface area (Å²) in [7, 11) is 0. The molecule has 0 spiro atoms. The second-order valence-electron chi connectivity index (χ2n) is 8.67. The number of nitrogens with two attached hydrogens (primary N) is 2. The highest BCUT2D eigenvalue weighted by Gasteiger charge is 2.18. The minimum absolute atomic E-state index is 0.0725. The van der Waals surface area contributed by atoms with Crippen LogP contribution in [0.4, 0.5) is 22.7 Å². The molecule has 0 saturated heterocycles. The van der Waals surface area contributed by atoms with Crippen LogP contribution in [0.25, 0.3) is 0 Å². The number of nitrogens with one attached hydrogen (secondary N) is 2. The molecule has 0 aliphatic heterocycles. The molecule has 0 bridgehead atoms. The third-order valence-corrected chi connectivity index (χ3v) is 6.05. The molecule has 0 aliphatic carbocycles. The number of anilines is 4. The number of benzene rings is 4. The highest BCUT2D eigenvalue weighted by atomic mass is 16.3. The van der Waals surface area contributed by atoms with Crippen LogP contribution in [0, 0.1) is 0 Å². The van der Waals surface area contributed by atoms with Gasteiger partial charge >= 0.3 is 0 Å². The zero-order valence-electron chi connectivity index (χ0n) is 20.2. The van der Waals surface area contributed by atoms with Gasteiger partial charge in [0.05, 0.1) is 11.4 Å². The molecule has 4 rings (SSSR count). The largest absolute Gasteiger partial charge is 0.506 e. The van der Waals surface area contributed by atoms with Gasteiger partial charge in [-0.1, -0.05) is 31.2 Å². The number of hydrogen-bond donors (Lipinski definition) is 6. The fourth-order valence-electron chi connectivity index (χ4n) is 4.15. The Morgan fingerprint density at radius 2 is 1.14 bits per heavy atom. The van der Waals surface area contributed by atoms with Crippen LogP contribution < -0.4 is 22.1 Å². The molecule has 0 saturated carbocycles. The smallest absolute Gasteiger partial charge is 0.255 e. The first-order valence-electron chi connectivity index (χ1n) is 11.7. The van der Waals surface area contributed by atoms with Crippen molar-refractivity contribution in [1.82, 2.24) is 0 Å². The molecular formula is C29H28N4O4. The third-order valence-electron chi connectivity index (χ3n) is 6.05. The topological polar surface area (TPSA) is 151 Å². The summed E-state index contributed by atoms with van der Waals surface area (Å²) in [5.74, 6) is -1.09. The fourth-order valence-corrected chi connectivity index (χ4v) is 4.15. The van der Waals surface area contributed by atoms with Crippen molar-refractivity contribution >= 4 is 34.6 Å². The average molecular weight is 497 g/mol. The molecule has 4 aromatic rings. The lowest BCUT2D eigenvalue weighted by molar-refractivity contribution is 0.101. The monoisotopic (exact) mass is 496 g/mol. The Hall–Kier alpha value is -4.98. The lowest BCUT2D eigenvalue weighted by Gasteiger charge is -2.19. The summed E-state index contributed by atoms with van der Waals surface area (Å²) in [6.07, 6.45) is 0.681. The Kier molecular flexibility index (Phi) is 7.29. The van der Waals surface area contributed by atoms with E-state index in [1.807, 2.05) is 6.92 Å². The van der Waals surface area contributed by atoms with E-state index in [4.69, 9.17) is 11.5 Å². The lowest BCUT2D eigenvalue weighted by atomic mass is 9.88. The molecule has 0 heterocycles. The van der Waals surface area contributed by atoms with Crippen LogP contribution in [0.5, 0.6) is 11.5 Å². The van der Waals surface area contributed by atoms with Crippen LogP contribution in [0.1, 0.15) is 51.1 Å². The number of aromatic hydroxyl groups is 2. The van der Waals surface area contributed by atoms with Crippen molar-refractivity contribution in [2.24, 2.45) is 0 Å². The number of hydrogen-bond acceptors (Lipinski definition) is 6. The van der Waals surface area contributed by atoms with Crippen LogP contribution in [0.15, 0.2) is 84.9 Å². The standard InChI is InChI=1S/C29H28N4O4/c1-2-23(17-9-11-26(34)24(15-17)32-28(36)19-5-3-7-21(30)13-19)18-10-12-27(35)25(16-18)33-29(37)20-6-4-8-22(31)14-20/h3-16,23,34-35H,2,30-31H2,1H3,(H,32,36)(H,33,37). The van der Waals surface area contributed by atoms with Gasteiger partial charge < -0.3 is 32.3 Å². The minimum Gasteiger partial charge on any atom is -0.506 e. The van der Waals surface area contributed by atoms with E-state index in [-0.39, 0.29) is 28.8 Å². The predicted octanol–water partition coefficient (Wildman–Crippen LogP) is 5.31. The highest BCUT2D eigenvalue weighted by molar-refractivity contribution is 6.06. The van der Waals surface area contributed by atoms with Gasteiger partial charge in [0.15, 0.2) is 0 Å². The van der Waals surface area contributed by atoms with Crippen molar-refractivity contribution in [2.75, 3.05) is 22.1 Å². The number of phenolic OH excluding ortho intramolecular Hbond substituents is 2. The van der Waals surface area contributed by atoms with Gasteiger partial charge in [0.2, 0.25) is 0 Å². The van der Waals surface area contributed by atoms with E-state index in [9.17, 15) is 19.8 Å². The molecule has 0 unspecified atom stereocenters. The van der Waals surface area contributed by atoms with Gasteiger partial charge in [-0.3, -0.25) is 9.59 Å². The summed E-state index contributed by atoms with van der Waals surface area (Å²) < 4.78 is 0. The lowest BCUT2D eigenvalue weighted by Crippen LogP contribution is -2.13. The van der Waals surface area contributed by atoms with Crippen molar-refractivity contribution in [1.29, 1.82) is 0 Å². The third kappa shape index (κ3) is 5.82. The summed E-state index contributed by atoms with van der Waals surface area (Å²) in [4.78, 5) is 25.4. The van der Waals surface area contributed by atoms with E-state index in [0.717, 1.165) is 11.1 Å². The van der Waals surface area contributed by atoms with Gasteiger partial charge in [0.25, 0.3) is 11.8 Å². The Labute approximate surface area is 214 Å². The van der Waals surface area contributed by atoms with Gasteiger partial charge in [0, 0.05) is 28.4 Å². The number of rotatable bonds is 7. The number of nitrogen functional groups attached to an aromatic ring is 2. The Morgan fingerprint density at radius 3 is 1.51 bits per heavy atom. The van der Waals surface area contributed by atoms with E-state index in [1.165, 1.54) is 12.1 Å². The van der Waals surface area contributed by atoms with Gasteiger partial charge in [-0.15, -0.1) is 0 Å². The number of amides is 2. The maximum Gasteiger partial charge on any atom is 0.255 e. The molecule has 0 aliphatic rings. The molecule has 2 amide bonds. The Morgan fingerprint density at radius 1 is 0.703 bits per heavy atom. The first-order valence-corrected chi connectivity index (χ1v) is 11.7. The molecule has 8 nitrogen and oxygen atoms in total. The summed E-state index contributed by atoms with van der Waals surface area (Å²) in [6.45, 7) is 2.00. The quantitative estimate of drug-likeness (QED) is 0.151. The maximum atomic E-state index is 12.7. The molecule has 0 radical (unpaired) electrons. The highest BCUT2D eigenvalue weighted by Crippen LogP contribution is 2.36. The van der Waals surface area contributed by atoms with Gasteiger partial charge in [-0.25, -0.2) is 0 Å². The van der Waals surface area contributed by atoms with E-state index < -0.39 is 11.8 Å². The van der Waals surface area contributed by atoms with Crippen molar-refractivity contribution in [3.05, 3.63) is 107 Å². The molecule has 0 aromatic heterocycles. The molecule has 37 heavy (non-hydrogen) atoms. The second-order valence-corrected chi connectivity index (χ2v) is 8.67. The number of carbonyl (C=O) groups is 2. The van der Waals surface area contributed by atoms with Crippen molar-refractivity contribution < 1.29 is 19.8 Å². The van der Waals surface area contributed by atoms with Crippen molar-refractivity contribution in [3.8, 4) is 11.5 Å². The molecule has 188 valence electrons. The summed E-state index contributed by atoms with van der Waals surface area (Å²) in [5.41, 5.74) is 15.4. The molecule has 8 N–H and O–H groups in total. The van der Waals surface area contributed by atoms with Crippen molar-refractivity contribution in [2.45, 2.75) is 19.3 Å². The van der Waals surface area contributed by atoms with E-state index >= 15 is 0 Å². The van der Waals surface area contributed by atoms with E-state index in [0.29, 0.717) is 28.9 Å². The van der Waals surface area contributed by atoms with Gasteiger partial charge in [-0.05, 0) is 78.2 Å². The molecular weight excluding hydrogens is 468 g/mol. The van der Waals surface area contributed by atoms with E-state index in [2.05, 4.69) is 10.6 Å². The van der Waals surface area contributed by atoms with Crippen molar-refractivity contribution in [3.63, 3.8) is 0 Å². The zero-order chi connectivity index (χ0) is 26.5. The number of carbonyl (C=O) groups excluding carboxylic acids is 2. The first kappa shape index (κ1) is 25.1. The average Bonchev–Trinajstić information content (AvgIpc) is 2.88. The fraction of sp³-hybridized carbons (Fsp3) is 0.103. The molecule has 0 atom stereocenters. The minimum atomic E-state index is -0.399. The predicted molar refractivity (Wildman–Crippen MR) is 146 cm³/mol. The van der Waals surface area contributed by atoms with E-state index in [1.54, 1.807) is 72.8 Å². The van der Waals surface area contributed by atoms with Crippen LogP contribution in [-0.2, 0) is 0 Å². The Balaban J connectivity index is 1.60. The van der Waals surface area contributed by atoms with Crippen LogP contribution in [-0.4, -0.2) is 22.0 Å². The Bertz CT molecular complexity index is 1360. The SMILES string of the molecule is CCC(c1ccc(O)c(NC(=O)c2cccc(N)c2)c1)c1ccc(O)c(NC(=O)c2cccc(N)c2)c1. The normalized spacial score (nSPS) is 10.8. The van der Waals surface area contributed by atoms with Crippen LogP contribution >= 0.6 is 0 Å². The first-order chi connectivity index (χ1) is 17.7. The van der Waals surface area contributed by atoms with Gasteiger partial charge in [-0.2, -0.15) is 0 Å². The number of phenols is 2. The molecule has 4 aromatic carbocycles. The summed E-state index contributed by atoms with van der Waals surface area (Å²) >= 11 is 0. The van der Waals surface area contributed by atoms with Crippen LogP contribution in [0.2, 0.25) is 0 Å². The summed E-state index contributed by atoms with van der Waals surface area (Å²) in [5, 5.41) is 26.3. The molecule has 0 fully saturated rings. The zero-order valence-corrected chi connectivity index (χ0v) is 20.2. The second kappa shape index (κ2) is 10.7. The maximum absolute atomic E-state index is 12.7. The van der Waals surface area contributed by atoms with Gasteiger partial charge in [0.1, 0.15) is 11.5 Å².